The van der Waals surface area contributed by atoms with Gasteiger partial charge in [0.05, 0.1) is 10.7 Å². The normalized spacial score (nSPS) is 27.6. The van der Waals surface area contributed by atoms with Gasteiger partial charge in [0.1, 0.15) is 0 Å². The highest BCUT2D eigenvalue weighted by molar-refractivity contribution is 6.36. The van der Waals surface area contributed by atoms with Gasteiger partial charge in [-0.05, 0) is 55.2 Å². The molecule has 1 aromatic rings. The lowest BCUT2D eigenvalue weighted by Crippen LogP contribution is -2.34. The summed E-state index contributed by atoms with van der Waals surface area (Å²) in [7, 11) is 0. The number of amides is 2. The Morgan fingerprint density at radius 1 is 1.25 bits per heavy atom. The number of urea groups is 1. The van der Waals surface area contributed by atoms with Crippen molar-refractivity contribution in [3.05, 3.63) is 28.2 Å². The fraction of sp³-hybridized carbons (Fsp3) is 0.533. The standard InChI is InChI=1S/C15H18Cl2N2O/c16-12-3-4-14(13(17)7-12)19-15(20)18-8-11-6-9-1-2-10(11)5-9/h3-4,7,9-11H,1-2,5-6,8H2,(H2,18,19,20)/t9-,10-,11-/m1/s1. The van der Waals surface area contributed by atoms with Gasteiger partial charge < -0.3 is 10.6 Å². The van der Waals surface area contributed by atoms with Crippen LogP contribution in [0, 0.1) is 17.8 Å². The van der Waals surface area contributed by atoms with Crippen molar-refractivity contribution < 1.29 is 4.79 Å². The molecule has 2 fully saturated rings. The van der Waals surface area contributed by atoms with Crippen LogP contribution < -0.4 is 10.6 Å². The SMILES string of the molecule is O=C(NC[C@H]1C[C@@H]2CC[C@@H]1C2)Nc1ccc(Cl)cc1Cl. The van der Waals surface area contributed by atoms with Crippen LogP contribution in [0.4, 0.5) is 10.5 Å². The van der Waals surface area contributed by atoms with Crippen molar-refractivity contribution in [1.82, 2.24) is 5.32 Å². The molecule has 2 aliphatic carbocycles. The molecule has 3 rings (SSSR count). The largest absolute Gasteiger partial charge is 0.338 e. The summed E-state index contributed by atoms with van der Waals surface area (Å²) < 4.78 is 0. The number of carbonyl (C=O) groups excluding carboxylic acids is 1. The van der Waals surface area contributed by atoms with Gasteiger partial charge in [0, 0.05) is 11.6 Å². The van der Waals surface area contributed by atoms with Crippen LogP contribution in [0.1, 0.15) is 25.7 Å². The smallest absolute Gasteiger partial charge is 0.319 e. The second kappa shape index (κ2) is 5.82. The minimum Gasteiger partial charge on any atom is -0.338 e. The van der Waals surface area contributed by atoms with E-state index >= 15 is 0 Å². The molecule has 0 radical (unpaired) electrons. The molecule has 3 nitrogen and oxygen atoms in total. The molecule has 0 saturated heterocycles. The van der Waals surface area contributed by atoms with Gasteiger partial charge in [0.25, 0.3) is 0 Å². The summed E-state index contributed by atoms with van der Waals surface area (Å²) in [4.78, 5) is 11.9. The van der Waals surface area contributed by atoms with Crippen molar-refractivity contribution in [2.45, 2.75) is 25.7 Å². The summed E-state index contributed by atoms with van der Waals surface area (Å²) >= 11 is 11.8. The molecule has 0 spiro atoms. The van der Waals surface area contributed by atoms with Gasteiger partial charge in [-0.25, -0.2) is 4.79 Å². The number of anilines is 1. The van der Waals surface area contributed by atoms with Gasteiger partial charge in [0.15, 0.2) is 0 Å². The summed E-state index contributed by atoms with van der Waals surface area (Å²) in [6.45, 7) is 0.762. The van der Waals surface area contributed by atoms with E-state index in [0.717, 1.165) is 18.4 Å². The van der Waals surface area contributed by atoms with E-state index < -0.39 is 0 Å². The predicted octanol–water partition coefficient (Wildman–Crippen LogP) is 4.55. The lowest BCUT2D eigenvalue weighted by molar-refractivity contribution is 0.245. The maximum atomic E-state index is 11.9. The van der Waals surface area contributed by atoms with Gasteiger partial charge in [-0.2, -0.15) is 0 Å². The molecule has 0 aliphatic heterocycles. The quantitative estimate of drug-likeness (QED) is 0.844. The highest BCUT2D eigenvalue weighted by atomic mass is 35.5. The molecule has 0 aromatic heterocycles. The molecule has 2 N–H and O–H groups in total. The molecular formula is C15H18Cl2N2O. The second-order valence-electron chi connectivity index (χ2n) is 5.89. The van der Waals surface area contributed by atoms with E-state index in [-0.39, 0.29) is 6.03 Å². The van der Waals surface area contributed by atoms with Crippen LogP contribution in [0.2, 0.25) is 10.0 Å². The van der Waals surface area contributed by atoms with Gasteiger partial charge >= 0.3 is 6.03 Å². The minimum atomic E-state index is -0.197. The molecule has 1 aromatic carbocycles. The molecular weight excluding hydrogens is 295 g/mol. The molecule has 108 valence electrons. The number of rotatable bonds is 3. The number of hydrogen-bond donors (Lipinski definition) is 2. The van der Waals surface area contributed by atoms with Crippen molar-refractivity contribution in [1.29, 1.82) is 0 Å². The fourth-order valence-corrected chi connectivity index (χ4v) is 4.06. The van der Waals surface area contributed by atoms with Crippen LogP contribution >= 0.6 is 23.2 Å². The number of halogens is 2. The zero-order chi connectivity index (χ0) is 14.1. The lowest BCUT2D eigenvalue weighted by Gasteiger charge is -2.22. The average Bonchev–Trinajstić information content (AvgIpc) is 3.02. The third-order valence-corrected chi connectivity index (χ3v) is 5.14. The van der Waals surface area contributed by atoms with E-state index in [1.807, 2.05) is 0 Å². The van der Waals surface area contributed by atoms with Crippen LogP contribution in [0.3, 0.4) is 0 Å². The molecule has 2 bridgehead atoms. The van der Waals surface area contributed by atoms with Gasteiger partial charge in [0.2, 0.25) is 0 Å². The number of hydrogen-bond acceptors (Lipinski definition) is 1. The fourth-order valence-electron chi connectivity index (χ4n) is 3.61. The Kier molecular flexibility index (Phi) is 4.08. The van der Waals surface area contributed by atoms with E-state index in [0.29, 0.717) is 21.7 Å². The lowest BCUT2D eigenvalue weighted by atomic mass is 9.89. The number of carbonyl (C=O) groups is 1. The van der Waals surface area contributed by atoms with Crippen LogP contribution in [0.25, 0.3) is 0 Å². The monoisotopic (exact) mass is 312 g/mol. The third kappa shape index (κ3) is 3.04. The summed E-state index contributed by atoms with van der Waals surface area (Å²) in [5.74, 6) is 2.38. The summed E-state index contributed by atoms with van der Waals surface area (Å²) in [6.07, 6.45) is 5.35. The Balaban J connectivity index is 1.50. The first-order valence-corrected chi connectivity index (χ1v) is 7.87. The van der Waals surface area contributed by atoms with Crippen molar-refractivity contribution in [3.63, 3.8) is 0 Å². The Hall–Kier alpha value is -0.930. The minimum absolute atomic E-state index is 0.197. The summed E-state index contributed by atoms with van der Waals surface area (Å²) in [6, 6.07) is 4.84. The molecule has 2 amide bonds. The number of fused-ring (bicyclic) bond motifs is 2. The van der Waals surface area contributed by atoms with E-state index in [9.17, 15) is 4.79 Å². The Labute approximate surface area is 129 Å². The number of benzene rings is 1. The van der Waals surface area contributed by atoms with Crippen molar-refractivity contribution in [3.8, 4) is 0 Å². The van der Waals surface area contributed by atoms with E-state index in [1.54, 1.807) is 18.2 Å². The predicted molar refractivity (Wildman–Crippen MR) is 82.4 cm³/mol. The Bertz CT molecular complexity index is 521. The Morgan fingerprint density at radius 3 is 2.75 bits per heavy atom. The highest BCUT2D eigenvalue weighted by Gasteiger charge is 2.39. The number of nitrogens with one attached hydrogen (secondary N) is 2. The second-order valence-corrected chi connectivity index (χ2v) is 6.74. The van der Waals surface area contributed by atoms with Crippen LogP contribution in [0.15, 0.2) is 18.2 Å². The highest BCUT2D eigenvalue weighted by Crippen LogP contribution is 2.47. The molecule has 5 heteroatoms. The van der Waals surface area contributed by atoms with Crippen molar-refractivity contribution in [2.75, 3.05) is 11.9 Å². The molecule has 0 unspecified atom stereocenters. The first-order chi connectivity index (χ1) is 9.61. The first kappa shape index (κ1) is 14.0. The van der Waals surface area contributed by atoms with E-state index in [2.05, 4.69) is 10.6 Å². The molecule has 2 aliphatic rings. The van der Waals surface area contributed by atoms with Gasteiger partial charge in [-0.3, -0.25) is 0 Å². The van der Waals surface area contributed by atoms with Crippen LogP contribution in [-0.2, 0) is 0 Å². The first-order valence-electron chi connectivity index (χ1n) is 7.11. The van der Waals surface area contributed by atoms with E-state index in [1.165, 1.54) is 25.7 Å². The topological polar surface area (TPSA) is 41.1 Å². The molecule has 0 heterocycles. The zero-order valence-electron chi connectivity index (χ0n) is 11.2. The van der Waals surface area contributed by atoms with Crippen molar-refractivity contribution in [2.24, 2.45) is 17.8 Å². The maximum absolute atomic E-state index is 11.9. The Morgan fingerprint density at radius 2 is 2.10 bits per heavy atom. The summed E-state index contributed by atoms with van der Waals surface area (Å²) in [5.41, 5.74) is 0.585. The van der Waals surface area contributed by atoms with E-state index in [4.69, 9.17) is 23.2 Å². The van der Waals surface area contributed by atoms with Crippen molar-refractivity contribution >= 4 is 34.9 Å². The molecule has 20 heavy (non-hydrogen) atoms. The van der Waals surface area contributed by atoms with Gasteiger partial charge in [-0.15, -0.1) is 0 Å². The average molecular weight is 313 g/mol. The molecule has 3 atom stereocenters. The zero-order valence-corrected chi connectivity index (χ0v) is 12.7. The third-order valence-electron chi connectivity index (χ3n) is 4.59. The summed E-state index contributed by atoms with van der Waals surface area (Å²) in [5, 5.41) is 6.73. The van der Waals surface area contributed by atoms with Gasteiger partial charge in [-0.1, -0.05) is 29.6 Å². The van der Waals surface area contributed by atoms with Crippen LogP contribution in [0.5, 0.6) is 0 Å². The maximum Gasteiger partial charge on any atom is 0.319 e. The van der Waals surface area contributed by atoms with Crippen LogP contribution in [-0.4, -0.2) is 12.6 Å². The molecule has 2 saturated carbocycles.